The van der Waals surface area contributed by atoms with Crippen LogP contribution < -0.4 is 5.73 Å². The largest absolute Gasteiger partial charge is 0.483 e. The molecule has 9 heteroatoms. The zero-order valence-electron chi connectivity index (χ0n) is 20.7. The van der Waals surface area contributed by atoms with Gasteiger partial charge in [-0.3, -0.25) is 4.79 Å². The van der Waals surface area contributed by atoms with Crippen molar-refractivity contribution >= 4 is 54.5 Å². The first-order chi connectivity index (χ1) is 11.9. The van der Waals surface area contributed by atoms with E-state index in [0.29, 0.717) is 17.3 Å². The summed E-state index contributed by atoms with van der Waals surface area (Å²) < 4.78 is 70.3. The number of hydrogen-bond donors (Lipinski definition) is 2. The average molecular weight is 376 g/mol. The standard InChI is InChI=1S/C4H10ClN.C3H8O.C2H6ClN.CH2O2.2ClH/c1-6(2)4-3-5;1-3-4-2;3-1-2-4;2-1-3;;/h3-4H2,1-2H3;3H2,1-2H3;1-2,4H2;1H,(H,2,3);2*1H/i1D3,2D3;3D2;;1D;;/hD. The third kappa shape index (κ3) is 166. The second-order valence-corrected chi connectivity index (χ2v) is 2.57. The van der Waals surface area contributed by atoms with E-state index in [1.807, 2.05) is 0 Å². The van der Waals surface area contributed by atoms with E-state index in [9.17, 15) is 0 Å². The first-order valence-corrected chi connectivity index (χ1v) is 5.30. The normalized spacial score (nSPS) is 16.5. The molecule has 0 aliphatic rings. The minimum Gasteiger partial charge on any atom is -0.483 e. The van der Waals surface area contributed by atoms with Gasteiger partial charge in [-0.1, -0.05) is 0 Å². The monoisotopic (exact) mass is 374 g/mol. The van der Waals surface area contributed by atoms with Crippen LogP contribution in [0.2, 0.25) is 0 Å². The molecule has 0 heterocycles. The van der Waals surface area contributed by atoms with Crippen molar-refractivity contribution in [3.63, 3.8) is 0 Å². The fraction of sp³-hybridized carbons (Fsp3) is 0.900. The number of nitrogens with zero attached hydrogens (tertiary/aromatic N) is 1. The molecule has 5 nitrogen and oxygen atoms in total. The molecule has 124 valence electrons. The summed E-state index contributed by atoms with van der Waals surface area (Å²) in [5, 5.41) is 3.03. The lowest BCUT2D eigenvalue weighted by molar-refractivity contribution is -0.122. The van der Waals surface area contributed by atoms with Crippen LogP contribution in [-0.4, -0.2) is 68.9 Å². The van der Waals surface area contributed by atoms with Gasteiger partial charge in [-0.2, -0.15) is 0 Å². The van der Waals surface area contributed by atoms with Crippen LogP contribution in [0.3, 0.4) is 0 Å². The molecule has 0 saturated carbocycles. The Balaban J connectivity index is -0.0000000662. The van der Waals surface area contributed by atoms with Crippen LogP contribution in [0.5, 0.6) is 0 Å². The molecule has 0 unspecified atom stereocenters. The average Bonchev–Trinajstić information content (AvgIpc) is 2.51. The molecule has 0 atom stereocenters. The van der Waals surface area contributed by atoms with Crippen molar-refractivity contribution in [2.24, 2.45) is 5.73 Å². The highest BCUT2D eigenvalue weighted by atomic mass is 35.5. The topological polar surface area (TPSA) is 75.8 Å². The van der Waals surface area contributed by atoms with E-state index in [-0.39, 0.29) is 37.2 Å². The van der Waals surface area contributed by atoms with Crippen LogP contribution in [0.25, 0.3) is 1.43 Å². The van der Waals surface area contributed by atoms with Gasteiger partial charge in [0.2, 0.25) is 0 Å². The maximum Gasteiger partial charge on any atom is 0.296 e. The predicted octanol–water partition coefficient (Wildman–Crippen LogP) is 2.17. The molecule has 0 aromatic carbocycles. The molecule has 0 aliphatic heterocycles. The molecule has 0 aliphatic carbocycles. The molecular weight excluding hydrogens is 338 g/mol. The van der Waals surface area contributed by atoms with Gasteiger partial charge < -0.3 is 20.5 Å². The Kier molecular flexibility index (Phi) is 32.7. The Hall–Kier alpha value is 0.510. The number of carboxylic acid groups (broad SMARTS) is 1. The quantitative estimate of drug-likeness (QED) is 0.581. The predicted molar refractivity (Wildman–Crippen MR) is 89.8 cm³/mol. The number of ether oxygens (including phenoxy) is 1. The van der Waals surface area contributed by atoms with Crippen molar-refractivity contribution in [1.29, 1.82) is 1.43 Å². The molecule has 0 aromatic heterocycles. The maximum absolute atomic E-state index is 9.07. The highest BCUT2D eigenvalue weighted by Gasteiger charge is 1.81. The van der Waals surface area contributed by atoms with Gasteiger partial charge in [0.1, 0.15) is 0 Å². The second-order valence-electron chi connectivity index (χ2n) is 1.81. The van der Waals surface area contributed by atoms with Gasteiger partial charge in [0, 0.05) is 46.7 Å². The molecule has 0 aromatic rings. The smallest absolute Gasteiger partial charge is 0.296 e. The van der Waals surface area contributed by atoms with Gasteiger partial charge in [0.25, 0.3) is 7.88 Å². The summed E-state index contributed by atoms with van der Waals surface area (Å²) in [6.45, 7) is -4.91. The van der Waals surface area contributed by atoms with E-state index < -0.39 is 27.0 Å². The molecule has 0 fully saturated rings. The molecule has 0 amide bonds. The Morgan fingerprint density at radius 2 is 1.89 bits per heavy atom. The summed E-state index contributed by atoms with van der Waals surface area (Å²) in [5.74, 6) is 0.552. The molecule has 0 saturated heterocycles. The minimum atomic E-state index is -2.61. The first-order valence-electron chi connectivity index (χ1n) is 9.14. The van der Waals surface area contributed by atoms with Crippen molar-refractivity contribution in [2.75, 3.05) is 52.5 Å². The number of nitrogens with two attached hydrogens (primary N) is 1. The first kappa shape index (κ1) is 12.1. The number of halogens is 4. The van der Waals surface area contributed by atoms with Crippen LogP contribution in [0.4, 0.5) is 0 Å². The summed E-state index contributed by atoms with van der Waals surface area (Å²) in [7, 11) is 1.33. The fourth-order valence-corrected chi connectivity index (χ4v) is 0.254. The number of rotatable bonds is 4. The summed E-state index contributed by atoms with van der Waals surface area (Å²) in [4.78, 5) is 9.49. The lowest BCUT2D eigenvalue weighted by Crippen LogP contribution is -2.13. The van der Waals surface area contributed by atoms with Gasteiger partial charge in [-0.05, 0) is 20.9 Å². The number of alkyl halides is 2. The number of carbonyl (C=O) groups is 1. The lowest BCUT2D eigenvalue weighted by atomic mass is 10.7. The summed E-state index contributed by atoms with van der Waals surface area (Å²) in [5.41, 5.74) is 4.90. The lowest BCUT2D eigenvalue weighted by Gasteiger charge is -2.02. The molecule has 0 rings (SSSR count). The van der Waals surface area contributed by atoms with Crippen LogP contribution in [0.15, 0.2) is 0 Å². The Morgan fingerprint density at radius 3 is 1.95 bits per heavy atom. The third-order valence-corrected chi connectivity index (χ3v) is 1.01. The van der Waals surface area contributed by atoms with Gasteiger partial charge in [-0.15, -0.1) is 48.0 Å². The number of hydrogen-bond acceptors (Lipinski definition) is 5. The van der Waals surface area contributed by atoms with Gasteiger partial charge in [-0.25, -0.2) is 0 Å². The molecular formula is C10H28Cl4N2O3. The van der Waals surface area contributed by atoms with Crippen LogP contribution in [0.1, 0.15) is 19.3 Å². The zero-order chi connectivity index (χ0) is 22.9. The van der Waals surface area contributed by atoms with E-state index in [1.54, 1.807) is 0 Å². The molecule has 0 spiro atoms. The maximum atomic E-state index is 9.07. The fourth-order valence-electron chi connectivity index (χ4n) is 0.0845. The summed E-state index contributed by atoms with van der Waals surface area (Å²) >= 11 is 10.3. The van der Waals surface area contributed by atoms with E-state index in [1.165, 1.54) is 14.0 Å². The Morgan fingerprint density at radius 1 is 1.53 bits per heavy atom. The van der Waals surface area contributed by atoms with Gasteiger partial charge in [0.15, 0.2) is 1.37 Å². The van der Waals surface area contributed by atoms with Crippen molar-refractivity contribution in [1.82, 2.24) is 4.90 Å². The van der Waals surface area contributed by atoms with E-state index >= 15 is 0 Å². The molecule has 3 N–H and O–H groups in total. The SMILES string of the molecule is Cl.Cl.NCCCl.[2H]C([2H])(C)OC.[2H]C([2H])([2H])N(CCCl)C([2H])([2H])[2H].[2H]OC([2H])=O. The van der Waals surface area contributed by atoms with Gasteiger partial charge in [0.05, 0.1) is 2.74 Å². The van der Waals surface area contributed by atoms with Crippen molar-refractivity contribution in [3.05, 3.63) is 0 Å². The van der Waals surface area contributed by atoms with E-state index in [0.717, 1.165) is 0 Å². The van der Waals surface area contributed by atoms with Crippen LogP contribution >= 0.6 is 48.0 Å². The van der Waals surface area contributed by atoms with Crippen molar-refractivity contribution < 1.29 is 27.0 Å². The zero-order valence-corrected chi connectivity index (χ0v) is 13.8. The molecule has 0 bridgehead atoms. The van der Waals surface area contributed by atoms with Crippen LogP contribution in [-0.2, 0) is 9.53 Å². The number of methoxy groups -OCH3 is 1. The molecule has 0 radical (unpaired) electrons. The van der Waals surface area contributed by atoms with Crippen LogP contribution in [0, 0.1) is 0 Å². The highest BCUT2D eigenvalue weighted by Crippen LogP contribution is 1.75. The molecule has 19 heavy (non-hydrogen) atoms. The van der Waals surface area contributed by atoms with E-state index in [2.05, 4.69) is 9.85 Å². The van der Waals surface area contributed by atoms with Crippen molar-refractivity contribution in [3.8, 4) is 0 Å². The summed E-state index contributed by atoms with van der Waals surface area (Å²) in [6, 6.07) is 0. The summed E-state index contributed by atoms with van der Waals surface area (Å²) in [6.07, 6.45) is -1.33. The minimum absolute atomic E-state index is 0. The Labute approximate surface area is 153 Å². The van der Waals surface area contributed by atoms with E-state index in [4.69, 9.17) is 47.5 Å². The van der Waals surface area contributed by atoms with Gasteiger partial charge >= 0.3 is 0 Å². The van der Waals surface area contributed by atoms with Crippen molar-refractivity contribution in [2.45, 2.75) is 6.92 Å². The highest BCUT2D eigenvalue weighted by molar-refractivity contribution is 6.18. The third-order valence-electron chi connectivity index (χ3n) is 0.621. The Bertz CT molecular complexity index is 344. The second kappa shape index (κ2) is 51.4.